The second-order valence-electron chi connectivity index (χ2n) is 4.39. The van der Waals surface area contributed by atoms with Crippen LogP contribution in [0.2, 0.25) is 0 Å². The predicted molar refractivity (Wildman–Crippen MR) is 84.4 cm³/mol. The van der Waals surface area contributed by atoms with Crippen LogP contribution >= 0.6 is 24.0 Å². The number of rotatable bonds is 5. The van der Waals surface area contributed by atoms with E-state index >= 15 is 0 Å². The summed E-state index contributed by atoms with van der Waals surface area (Å²) >= 11 is 6.75. The van der Waals surface area contributed by atoms with E-state index in [1.807, 2.05) is 25.1 Å². The number of carbonyl (C=O) groups excluding carboxylic acids is 1. The lowest BCUT2D eigenvalue weighted by molar-refractivity contribution is -0.126. The van der Waals surface area contributed by atoms with Crippen LogP contribution in [0.5, 0.6) is 11.5 Å². The minimum absolute atomic E-state index is 0.0392. The third-order valence-corrected chi connectivity index (χ3v) is 4.91. The van der Waals surface area contributed by atoms with Gasteiger partial charge in [-0.1, -0.05) is 37.0 Å². The van der Waals surface area contributed by atoms with Crippen LogP contribution < -0.4 is 9.47 Å². The first-order chi connectivity index (χ1) is 9.60. The monoisotopic (exact) mass is 311 g/mol. The summed E-state index contributed by atoms with van der Waals surface area (Å²) < 4.78 is 11.1. The zero-order valence-corrected chi connectivity index (χ0v) is 13.3. The van der Waals surface area contributed by atoms with Crippen LogP contribution in [0.25, 0.3) is 0 Å². The van der Waals surface area contributed by atoms with Gasteiger partial charge in [0.1, 0.15) is 4.32 Å². The molecule has 4 nitrogen and oxygen atoms in total. The van der Waals surface area contributed by atoms with E-state index in [-0.39, 0.29) is 11.2 Å². The van der Waals surface area contributed by atoms with Crippen molar-refractivity contribution in [2.75, 3.05) is 14.2 Å². The predicted octanol–water partition coefficient (Wildman–Crippen LogP) is 2.84. The molecule has 1 aromatic rings. The maximum atomic E-state index is 12.2. The van der Waals surface area contributed by atoms with E-state index < -0.39 is 0 Å². The van der Waals surface area contributed by atoms with Crippen LogP contribution in [0.1, 0.15) is 18.9 Å². The number of nitrogens with zero attached hydrogens (tertiary/aromatic N) is 1. The molecule has 1 fully saturated rings. The maximum Gasteiger partial charge on any atom is 0.241 e. The Bertz CT molecular complexity index is 533. The average Bonchev–Trinajstić information content (AvgIpc) is 2.74. The normalized spacial score (nSPS) is 18.6. The number of hydrogen-bond donors (Lipinski definition) is 0. The smallest absolute Gasteiger partial charge is 0.241 e. The number of thiocarbonyl (C=S) groups is 1. The Morgan fingerprint density at radius 2 is 2.00 bits per heavy atom. The Morgan fingerprint density at radius 1 is 1.30 bits per heavy atom. The summed E-state index contributed by atoms with van der Waals surface area (Å²) in [5, 5.41) is -0.0392. The van der Waals surface area contributed by atoms with Gasteiger partial charge in [-0.3, -0.25) is 9.69 Å². The second kappa shape index (κ2) is 6.45. The Labute approximate surface area is 128 Å². The van der Waals surface area contributed by atoms with Crippen molar-refractivity contribution in [1.82, 2.24) is 4.90 Å². The molecule has 1 saturated heterocycles. The van der Waals surface area contributed by atoms with Gasteiger partial charge in [0.2, 0.25) is 5.91 Å². The van der Waals surface area contributed by atoms with Crippen molar-refractivity contribution >= 4 is 34.2 Å². The molecular formula is C14H17NO3S2. The molecule has 6 heteroatoms. The van der Waals surface area contributed by atoms with Gasteiger partial charge in [-0.15, -0.1) is 0 Å². The fourth-order valence-corrected chi connectivity index (χ4v) is 3.48. The highest BCUT2D eigenvalue weighted by atomic mass is 32.2. The van der Waals surface area contributed by atoms with E-state index in [0.29, 0.717) is 22.4 Å². The van der Waals surface area contributed by atoms with Crippen molar-refractivity contribution in [1.29, 1.82) is 0 Å². The summed E-state index contributed by atoms with van der Waals surface area (Å²) in [4.78, 5) is 13.9. The van der Waals surface area contributed by atoms with Gasteiger partial charge in [0.15, 0.2) is 11.5 Å². The van der Waals surface area contributed by atoms with E-state index in [1.54, 1.807) is 19.1 Å². The molecule has 20 heavy (non-hydrogen) atoms. The average molecular weight is 311 g/mol. The number of thioether (sulfide) groups is 1. The standard InChI is InChI=1S/C14H17NO3S2/c1-4-12-13(16)15(14(19)20-12)8-9-5-6-10(17-2)11(7-9)18-3/h5-7,12H,4,8H2,1-3H3. The third kappa shape index (κ3) is 2.91. The number of ether oxygens (including phenoxy) is 2. The Morgan fingerprint density at radius 3 is 2.55 bits per heavy atom. The van der Waals surface area contributed by atoms with Crippen molar-refractivity contribution in [2.24, 2.45) is 0 Å². The molecule has 0 spiro atoms. The molecule has 1 heterocycles. The molecule has 0 aliphatic carbocycles. The maximum absolute atomic E-state index is 12.2. The SMILES string of the molecule is CCC1SC(=S)N(Cc2ccc(OC)c(OC)c2)C1=O. The molecule has 0 N–H and O–H groups in total. The van der Waals surface area contributed by atoms with Gasteiger partial charge in [0.25, 0.3) is 0 Å². The quantitative estimate of drug-likeness (QED) is 0.782. The van der Waals surface area contributed by atoms with Crippen LogP contribution in [-0.2, 0) is 11.3 Å². The summed E-state index contributed by atoms with van der Waals surface area (Å²) in [5.41, 5.74) is 0.968. The number of carbonyl (C=O) groups is 1. The molecule has 1 unspecified atom stereocenters. The van der Waals surface area contributed by atoms with Crippen LogP contribution in [-0.4, -0.2) is 34.6 Å². The lowest BCUT2D eigenvalue weighted by atomic mass is 10.2. The summed E-state index contributed by atoms with van der Waals surface area (Å²) in [6.07, 6.45) is 0.798. The van der Waals surface area contributed by atoms with E-state index in [9.17, 15) is 4.79 Å². The van der Waals surface area contributed by atoms with Crippen molar-refractivity contribution in [2.45, 2.75) is 25.1 Å². The van der Waals surface area contributed by atoms with E-state index in [4.69, 9.17) is 21.7 Å². The highest BCUT2D eigenvalue weighted by molar-refractivity contribution is 8.24. The van der Waals surface area contributed by atoms with Crippen LogP contribution in [0.4, 0.5) is 0 Å². The molecular weight excluding hydrogens is 294 g/mol. The highest BCUT2D eigenvalue weighted by Gasteiger charge is 2.35. The van der Waals surface area contributed by atoms with Crippen molar-refractivity contribution in [3.05, 3.63) is 23.8 Å². The Hall–Kier alpha value is -1.27. The highest BCUT2D eigenvalue weighted by Crippen LogP contribution is 2.32. The topological polar surface area (TPSA) is 38.8 Å². The van der Waals surface area contributed by atoms with Gasteiger partial charge in [0.05, 0.1) is 26.0 Å². The molecule has 1 aromatic carbocycles. The van der Waals surface area contributed by atoms with E-state index in [1.165, 1.54) is 11.8 Å². The number of hydrogen-bond acceptors (Lipinski definition) is 5. The minimum atomic E-state index is -0.0392. The number of amides is 1. The summed E-state index contributed by atoms with van der Waals surface area (Å²) in [7, 11) is 3.19. The molecule has 1 aliphatic heterocycles. The lowest BCUT2D eigenvalue weighted by Crippen LogP contribution is -2.30. The summed E-state index contributed by atoms with van der Waals surface area (Å²) in [6, 6.07) is 5.63. The molecule has 1 aliphatic rings. The van der Waals surface area contributed by atoms with Gasteiger partial charge >= 0.3 is 0 Å². The number of methoxy groups -OCH3 is 2. The van der Waals surface area contributed by atoms with E-state index in [0.717, 1.165) is 12.0 Å². The van der Waals surface area contributed by atoms with Crippen LogP contribution in [0.15, 0.2) is 18.2 Å². The molecule has 1 amide bonds. The van der Waals surface area contributed by atoms with Crippen LogP contribution in [0.3, 0.4) is 0 Å². The van der Waals surface area contributed by atoms with Gasteiger partial charge in [-0.25, -0.2) is 0 Å². The van der Waals surface area contributed by atoms with Crippen LogP contribution in [0, 0.1) is 0 Å². The zero-order valence-electron chi connectivity index (χ0n) is 11.7. The molecule has 0 aromatic heterocycles. The molecule has 0 radical (unpaired) electrons. The summed E-state index contributed by atoms with van der Waals surface area (Å²) in [5.74, 6) is 1.42. The molecule has 0 saturated carbocycles. The molecule has 108 valence electrons. The zero-order chi connectivity index (χ0) is 14.7. The second-order valence-corrected chi connectivity index (χ2v) is 6.23. The van der Waals surface area contributed by atoms with Gasteiger partial charge in [-0.05, 0) is 24.1 Å². The van der Waals surface area contributed by atoms with Gasteiger partial charge in [0, 0.05) is 0 Å². The molecule has 1 atom stereocenters. The minimum Gasteiger partial charge on any atom is -0.493 e. The first-order valence-corrected chi connectivity index (χ1v) is 7.62. The largest absolute Gasteiger partial charge is 0.493 e. The van der Waals surface area contributed by atoms with Gasteiger partial charge < -0.3 is 9.47 Å². The fraction of sp³-hybridized carbons (Fsp3) is 0.429. The van der Waals surface area contributed by atoms with Gasteiger partial charge in [-0.2, -0.15) is 0 Å². The first kappa shape index (κ1) is 15.1. The third-order valence-electron chi connectivity index (χ3n) is 3.16. The Balaban J connectivity index is 2.18. The van der Waals surface area contributed by atoms with Crippen molar-refractivity contribution in [3.63, 3.8) is 0 Å². The van der Waals surface area contributed by atoms with E-state index in [2.05, 4.69) is 0 Å². The first-order valence-electron chi connectivity index (χ1n) is 6.33. The number of benzene rings is 1. The van der Waals surface area contributed by atoms with Crippen molar-refractivity contribution in [3.8, 4) is 11.5 Å². The molecule has 0 bridgehead atoms. The van der Waals surface area contributed by atoms with Crippen molar-refractivity contribution < 1.29 is 14.3 Å². The molecule has 2 rings (SSSR count). The Kier molecular flexibility index (Phi) is 4.88. The summed E-state index contributed by atoms with van der Waals surface area (Å²) in [6.45, 7) is 2.47. The lowest BCUT2D eigenvalue weighted by Gasteiger charge is -2.16. The fourth-order valence-electron chi connectivity index (χ4n) is 2.06.